The molecule has 13 aromatic rings. The fourth-order valence-corrected chi connectivity index (χ4v) is 11.1. The Morgan fingerprint density at radius 1 is 0.328 bits per heavy atom. The van der Waals surface area contributed by atoms with Gasteiger partial charge in [0.15, 0.2) is 0 Å². The maximum atomic E-state index is 5.45. The molecule has 0 fully saturated rings. The van der Waals surface area contributed by atoms with E-state index in [1.165, 1.54) is 54.4 Å². The lowest BCUT2D eigenvalue weighted by Gasteiger charge is -2.24. The zero-order valence-corrected chi connectivity index (χ0v) is 36.7. The highest BCUT2D eigenvalue weighted by Crippen LogP contribution is 2.43. The lowest BCUT2D eigenvalue weighted by molar-refractivity contribution is 0.642. The molecule has 0 saturated carbocycles. The molecule has 4 aromatic heterocycles. The summed E-state index contributed by atoms with van der Waals surface area (Å²) in [5.41, 5.74) is 13.3. The van der Waals surface area contributed by atoms with Crippen LogP contribution in [0.25, 0.3) is 131 Å². The largest absolute Gasteiger partial charge is 0.245 e. The van der Waals surface area contributed by atoms with Crippen molar-refractivity contribution >= 4 is 97.7 Å². The molecule has 1 aliphatic carbocycles. The van der Waals surface area contributed by atoms with Gasteiger partial charge in [-0.15, -0.1) is 0 Å². The van der Waals surface area contributed by atoms with Crippen molar-refractivity contribution in [3.8, 4) is 33.6 Å². The highest BCUT2D eigenvalue weighted by molar-refractivity contribution is 6.26. The summed E-state index contributed by atoms with van der Waals surface area (Å²) in [6.07, 6.45) is 8.98. The standard InChI is InChI=1S/C63H40N4/c1-37-13-5-6-16-43(37)59-49-20-10-12-22-57(49)67-63-51(59)32-24-40-28-34-55(65-61(40)63)42-26-30-47-46-29-25-41(35-52(46)44-17-7-8-18-45(44)53(47)36-42)54-33-27-39-23-31-50-58(38-14-3-2-4-15-38)48-19-9-11-21-56(48)66-62(50)60(39)64-54/h2-37,43H,1H3. The molecule has 312 valence electrons. The Kier molecular flexibility index (Phi) is 8.29. The van der Waals surface area contributed by atoms with Gasteiger partial charge in [0.25, 0.3) is 0 Å². The summed E-state index contributed by atoms with van der Waals surface area (Å²) < 4.78 is 0. The number of allylic oxidation sites excluding steroid dienone is 4. The van der Waals surface area contributed by atoms with Crippen molar-refractivity contribution in [2.24, 2.45) is 5.92 Å². The van der Waals surface area contributed by atoms with Gasteiger partial charge in [-0.3, -0.25) is 0 Å². The molecule has 2 unspecified atom stereocenters. The maximum absolute atomic E-state index is 5.45. The van der Waals surface area contributed by atoms with Crippen LogP contribution in [0.3, 0.4) is 0 Å². The second-order valence-corrected chi connectivity index (χ2v) is 18.1. The summed E-state index contributed by atoms with van der Waals surface area (Å²) in [6.45, 7) is 2.30. The number of fused-ring (bicyclic) bond motifs is 14. The van der Waals surface area contributed by atoms with E-state index < -0.39 is 0 Å². The van der Waals surface area contributed by atoms with Gasteiger partial charge in [-0.2, -0.15) is 0 Å². The third-order valence-electron chi connectivity index (χ3n) is 14.3. The second kappa shape index (κ2) is 14.7. The SMILES string of the molecule is CC1C=CC=CC1c1c2ccccc2nc2c1ccc1ccc(-c3ccc4c5ccc(-c6ccc7ccc8c(-c9ccccc9)c9ccccc9nc8c7n6)cc5c5ccccc5c4c3)nc12. The minimum Gasteiger partial charge on any atom is -0.245 e. The molecule has 0 bridgehead atoms. The minimum atomic E-state index is 0.247. The van der Waals surface area contributed by atoms with Crippen molar-refractivity contribution in [3.63, 3.8) is 0 Å². The van der Waals surface area contributed by atoms with E-state index in [1.54, 1.807) is 0 Å². The average Bonchev–Trinajstić information content (AvgIpc) is 3.39. The molecule has 0 radical (unpaired) electrons. The lowest BCUT2D eigenvalue weighted by atomic mass is 9.81. The molecule has 0 amide bonds. The normalized spacial score (nSPS) is 15.1. The molecule has 0 saturated heterocycles. The summed E-state index contributed by atoms with van der Waals surface area (Å²) >= 11 is 0. The predicted molar refractivity (Wildman–Crippen MR) is 282 cm³/mol. The van der Waals surface area contributed by atoms with Crippen LogP contribution in [0, 0.1) is 5.92 Å². The van der Waals surface area contributed by atoms with Gasteiger partial charge in [-0.05, 0) is 85.8 Å². The summed E-state index contributed by atoms with van der Waals surface area (Å²) in [5, 5.41) is 14.0. The summed E-state index contributed by atoms with van der Waals surface area (Å²) in [4.78, 5) is 21.5. The first-order valence-corrected chi connectivity index (χ1v) is 23.2. The number of hydrogen-bond acceptors (Lipinski definition) is 4. The number of pyridine rings is 4. The van der Waals surface area contributed by atoms with Crippen LogP contribution < -0.4 is 0 Å². The highest BCUT2D eigenvalue weighted by atomic mass is 14.8. The first-order valence-electron chi connectivity index (χ1n) is 23.2. The molecule has 0 spiro atoms. The Labute approximate surface area is 386 Å². The minimum absolute atomic E-state index is 0.247. The molecule has 14 rings (SSSR count). The van der Waals surface area contributed by atoms with E-state index in [0.29, 0.717) is 5.92 Å². The van der Waals surface area contributed by atoms with Gasteiger partial charge in [0.2, 0.25) is 0 Å². The van der Waals surface area contributed by atoms with Crippen LogP contribution in [0.1, 0.15) is 18.4 Å². The van der Waals surface area contributed by atoms with E-state index in [4.69, 9.17) is 19.9 Å². The Balaban J connectivity index is 0.915. The summed E-state index contributed by atoms with van der Waals surface area (Å²) in [5.74, 6) is 0.616. The zero-order chi connectivity index (χ0) is 44.2. The van der Waals surface area contributed by atoms with Crippen LogP contribution in [0.4, 0.5) is 0 Å². The van der Waals surface area contributed by atoms with Crippen molar-refractivity contribution in [1.82, 2.24) is 19.9 Å². The van der Waals surface area contributed by atoms with Crippen molar-refractivity contribution in [2.75, 3.05) is 0 Å². The van der Waals surface area contributed by atoms with Crippen molar-refractivity contribution in [2.45, 2.75) is 12.8 Å². The third kappa shape index (κ3) is 5.86. The monoisotopic (exact) mass is 852 g/mol. The van der Waals surface area contributed by atoms with Crippen molar-refractivity contribution in [3.05, 3.63) is 218 Å². The van der Waals surface area contributed by atoms with Gasteiger partial charge < -0.3 is 0 Å². The van der Waals surface area contributed by atoms with Crippen LogP contribution in [0.15, 0.2) is 212 Å². The molecule has 9 aromatic carbocycles. The molecule has 0 aliphatic heterocycles. The van der Waals surface area contributed by atoms with Gasteiger partial charge >= 0.3 is 0 Å². The first kappa shape index (κ1) is 37.7. The van der Waals surface area contributed by atoms with Gasteiger partial charge in [-0.1, -0.05) is 183 Å². The number of aromatic nitrogens is 4. The molecule has 4 nitrogen and oxygen atoms in total. The number of rotatable bonds is 4. The van der Waals surface area contributed by atoms with E-state index >= 15 is 0 Å². The van der Waals surface area contributed by atoms with Gasteiger partial charge in [0.1, 0.15) is 0 Å². The molecule has 1 aliphatic rings. The highest BCUT2D eigenvalue weighted by Gasteiger charge is 2.24. The van der Waals surface area contributed by atoms with Crippen LogP contribution in [0.2, 0.25) is 0 Å². The van der Waals surface area contributed by atoms with Gasteiger partial charge in [0.05, 0.1) is 44.5 Å². The lowest BCUT2D eigenvalue weighted by Crippen LogP contribution is -2.09. The quantitative estimate of drug-likeness (QED) is 0.131. The number of nitrogens with zero attached hydrogens (tertiary/aromatic N) is 4. The smallest absolute Gasteiger partial charge is 0.0978 e. The molecule has 67 heavy (non-hydrogen) atoms. The molecular weight excluding hydrogens is 813 g/mol. The van der Waals surface area contributed by atoms with Crippen LogP contribution >= 0.6 is 0 Å². The van der Waals surface area contributed by atoms with Crippen LogP contribution in [-0.2, 0) is 0 Å². The zero-order valence-electron chi connectivity index (χ0n) is 36.7. The van der Waals surface area contributed by atoms with E-state index in [0.717, 1.165) is 82.5 Å². The van der Waals surface area contributed by atoms with Crippen molar-refractivity contribution in [1.29, 1.82) is 0 Å². The topological polar surface area (TPSA) is 51.6 Å². The Hall–Kier alpha value is -8.60. The number of benzene rings is 9. The van der Waals surface area contributed by atoms with E-state index in [9.17, 15) is 0 Å². The second-order valence-electron chi connectivity index (χ2n) is 18.1. The molecule has 4 heteroatoms. The van der Waals surface area contributed by atoms with Crippen LogP contribution in [0.5, 0.6) is 0 Å². The summed E-state index contributed by atoms with van der Waals surface area (Å²) in [6, 6.07) is 67.7. The molecule has 4 heterocycles. The van der Waals surface area contributed by atoms with Crippen LogP contribution in [-0.4, -0.2) is 19.9 Å². The predicted octanol–water partition coefficient (Wildman–Crippen LogP) is 16.5. The number of para-hydroxylation sites is 2. The fraction of sp³-hybridized carbons (Fsp3) is 0.0476. The first-order chi connectivity index (χ1) is 33.1. The average molecular weight is 853 g/mol. The third-order valence-corrected chi connectivity index (χ3v) is 14.3. The fourth-order valence-electron chi connectivity index (χ4n) is 11.1. The molecule has 2 atom stereocenters. The number of hydrogen-bond donors (Lipinski definition) is 0. The molecular formula is C63H40N4. The Morgan fingerprint density at radius 3 is 1.43 bits per heavy atom. The maximum Gasteiger partial charge on any atom is 0.0978 e. The van der Waals surface area contributed by atoms with E-state index in [1.807, 2.05) is 0 Å². The van der Waals surface area contributed by atoms with E-state index in [2.05, 4.69) is 219 Å². The van der Waals surface area contributed by atoms with Crippen molar-refractivity contribution < 1.29 is 0 Å². The molecule has 0 N–H and O–H groups in total. The van der Waals surface area contributed by atoms with Gasteiger partial charge in [0, 0.05) is 54.9 Å². The van der Waals surface area contributed by atoms with Gasteiger partial charge in [-0.25, -0.2) is 19.9 Å². The van der Waals surface area contributed by atoms with E-state index in [-0.39, 0.29) is 5.92 Å². The summed E-state index contributed by atoms with van der Waals surface area (Å²) in [7, 11) is 0. The Bertz CT molecular complexity index is 4280. The Morgan fingerprint density at radius 2 is 0.806 bits per heavy atom.